The van der Waals surface area contributed by atoms with Gasteiger partial charge in [0.2, 0.25) is 0 Å². The highest BCUT2D eigenvalue weighted by Gasteiger charge is 2.33. The van der Waals surface area contributed by atoms with E-state index >= 15 is 0 Å². The van der Waals surface area contributed by atoms with Crippen LogP contribution in [0.4, 0.5) is 10.5 Å². The van der Waals surface area contributed by atoms with Gasteiger partial charge in [0.25, 0.3) is 0 Å². The molecule has 0 aliphatic carbocycles. The van der Waals surface area contributed by atoms with Crippen LogP contribution in [0.5, 0.6) is 0 Å². The molecular formula is C18H13N5O2. The van der Waals surface area contributed by atoms with Crippen molar-refractivity contribution in [3.8, 4) is 6.07 Å². The molecule has 0 spiro atoms. The van der Waals surface area contributed by atoms with Gasteiger partial charge in [0.15, 0.2) is 5.82 Å². The predicted octanol–water partition coefficient (Wildman–Crippen LogP) is 1.95. The first-order chi connectivity index (χ1) is 12.2. The van der Waals surface area contributed by atoms with Crippen LogP contribution in [0.1, 0.15) is 17.0 Å². The Kier molecular flexibility index (Phi) is 3.43. The molecule has 7 nitrogen and oxygen atoms in total. The van der Waals surface area contributed by atoms with Crippen molar-refractivity contribution in [2.24, 2.45) is 0 Å². The molecule has 0 radical (unpaired) electrons. The minimum absolute atomic E-state index is 0.214. The van der Waals surface area contributed by atoms with Crippen LogP contribution in [0.3, 0.4) is 0 Å². The minimum atomic E-state index is -0.458. The van der Waals surface area contributed by atoms with E-state index in [0.29, 0.717) is 11.4 Å². The molecule has 1 aliphatic heterocycles. The Hall–Kier alpha value is -3.66. The molecule has 4 rings (SSSR count). The number of nitriles is 1. The molecule has 0 saturated heterocycles. The van der Waals surface area contributed by atoms with Crippen molar-refractivity contribution in [1.29, 1.82) is 5.26 Å². The van der Waals surface area contributed by atoms with Gasteiger partial charge in [-0.2, -0.15) is 14.9 Å². The molecule has 122 valence electrons. The lowest BCUT2D eigenvalue weighted by Gasteiger charge is -2.15. The van der Waals surface area contributed by atoms with Crippen molar-refractivity contribution in [1.82, 2.24) is 14.3 Å². The van der Waals surface area contributed by atoms with E-state index in [9.17, 15) is 9.59 Å². The Balaban J connectivity index is 1.68. The standard InChI is InChI=1S/C18H13N5O2/c19-10-13-6-8-14(9-7-13)11-22-17(24)20-16-12-21(18(25)23(16)22)15-4-2-1-3-5-15/h1-9H,11-12H2. The number of para-hydroxylation sites is 1. The van der Waals surface area contributed by atoms with Gasteiger partial charge in [0.1, 0.15) is 0 Å². The summed E-state index contributed by atoms with van der Waals surface area (Å²) in [5, 5.41) is 8.86. The van der Waals surface area contributed by atoms with Crippen molar-refractivity contribution < 1.29 is 4.79 Å². The molecule has 0 saturated carbocycles. The number of nitrogens with zero attached hydrogens (tertiary/aromatic N) is 5. The van der Waals surface area contributed by atoms with E-state index in [1.165, 1.54) is 9.36 Å². The van der Waals surface area contributed by atoms with E-state index < -0.39 is 5.69 Å². The molecule has 0 atom stereocenters. The third kappa shape index (κ3) is 2.50. The zero-order valence-electron chi connectivity index (χ0n) is 13.2. The number of anilines is 1. The third-order valence-corrected chi connectivity index (χ3v) is 4.13. The zero-order chi connectivity index (χ0) is 17.4. The van der Waals surface area contributed by atoms with Gasteiger partial charge < -0.3 is 0 Å². The zero-order valence-corrected chi connectivity index (χ0v) is 13.2. The van der Waals surface area contributed by atoms with Gasteiger partial charge in [-0.25, -0.2) is 14.3 Å². The summed E-state index contributed by atoms with van der Waals surface area (Å²) in [4.78, 5) is 30.5. The monoisotopic (exact) mass is 331 g/mol. The second kappa shape index (κ2) is 5.76. The fraction of sp³-hybridized carbons (Fsp3) is 0.111. The van der Waals surface area contributed by atoms with Crippen molar-refractivity contribution in [2.75, 3.05) is 4.90 Å². The van der Waals surface area contributed by atoms with E-state index in [0.717, 1.165) is 11.3 Å². The maximum absolute atomic E-state index is 12.8. The average molecular weight is 331 g/mol. The third-order valence-electron chi connectivity index (χ3n) is 4.13. The van der Waals surface area contributed by atoms with Gasteiger partial charge >= 0.3 is 11.7 Å². The number of benzene rings is 2. The summed E-state index contributed by atoms with van der Waals surface area (Å²) in [6.45, 7) is 0.477. The van der Waals surface area contributed by atoms with Crippen LogP contribution in [0.15, 0.2) is 59.4 Å². The Labute approximate surface area is 143 Å². The lowest BCUT2D eigenvalue weighted by molar-refractivity contribution is 0.244. The number of hydrogen-bond acceptors (Lipinski definition) is 4. The molecule has 25 heavy (non-hydrogen) atoms. The number of hydrogen-bond donors (Lipinski definition) is 0. The first-order valence-corrected chi connectivity index (χ1v) is 7.72. The fourth-order valence-electron chi connectivity index (χ4n) is 2.89. The predicted molar refractivity (Wildman–Crippen MR) is 90.2 cm³/mol. The maximum atomic E-state index is 12.8. The molecule has 0 fully saturated rings. The summed E-state index contributed by atoms with van der Waals surface area (Å²) in [5.41, 5.74) is 1.66. The highest BCUT2D eigenvalue weighted by molar-refractivity contribution is 5.95. The second-order valence-corrected chi connectivity index (χ2v) is 5.69. The second-order valence-electron chi connectivity index (χ2n) is 5.69. The van der Waals surface area contributed by atoms with Crippen LogP contribution in [-0.2, 0) is 13.1 Å². The number of fused-ring (bicyclic) bond motifs is 1. The molecule has 0 unspecified atom stereocenters. The van der Waals surface area contributed by atoms with E-state index in [-0.39, 0.29) is 19.1 Å². The number of rotatable bonds is 3. The normalized spacial score (nSPS) is 12.9. The Morgan fingerprint density at radius 3 is 2.44 bits per heavy atom. The lowest BCUT2D eigenvalue weighted by Crippen LogP contribution is -2.34. The molecule has 0 bridgehead atoms. The quantitative estimate of drug-likeness (QED) is 0.734. The Morgan fingerprint density at radius 1 is 1.04 bits per heavy atom. The Morgan fingerprint density at radius 2 is 1.76 bits per heavy atom. The summed E-state index contributed by atoms with van der Waals surface area (Å²) in [6, 6.07) is 17.9. The smallest absolute Gasteiger partial charge is 0.285 e. The topological polar surface area (TPSA) is 83.9 Å². The minimum Gasteiger partial charge on any atom is -0.285 e. The average Bonchev–Trinajstić information content (AvgIpc) is 3.12. The number of amides is 1. The van der Waals surface area contributed by atoms with Crippen molar-refractivity contribution in [2.45, 2.75) is 13.1 Å². The van der Waals surface area contributed by atoms with Crippen LogP contribution in [0, 0.1) is 11.3 Å². The van der Waals surface area contributed by atoms with Gasteiger partial charge in [-0.1, -0.05) is 30.3 Å². The maximum Gasteiger partial charge on any atom is 0.364 e. The van der Waals surface area contributed by atoms with Gasteiger partial charge in [-0.05, 0) is 29.8 Å². The summed E-state index contributed by atoms with van der Waals surface area (Å²) < 4.78 is 2.65. The number of carbonyl (C=O) groups is 1. The van der Waals surface area contributed by atoms with Crippen LogP contribution >= 0.6 is 0 Å². The van der Waals surface area contributed by atoms with Crippen molar-refractivity contribution in [3.63, 3.8) is 0 Å². The summed E-state index contributed by atoms with van der Waals surface area (Å²) in [6.07, 6.45) is 0. The molecule has 1 aromatic heterocycles. The Bertz CT molecular complexity index is 1040. The van der Waals surface area contributed by atoms with E-state index in [1.54, 1.807) is 29.2 Å². The van der Waals surface area contributed by atoms with Crippen LogP contribution in [0.25, 0.3) is 0 Å². The number of aromatic nitrogens is 3. The first-order valence-electron chi connectivity index (χ1n) is 7.72. The van der Waals surface area contributed by atoms with E-state index in [4.69, 9.17) is 5.26 Å². The number of carbonyl (C=O) groups excluding carboxylic acids is 1. The molecule has 2 aromatic carbocycles. The largest absolute Gasteiger partial charge is 0.364 e. The molecule has 3 aromatic rings. The summed E-state index contributed by atoms with van der Waals surface area (Å²) in [7, 11) is 0. The van der Waals surface area contributed by atoms with E-state index in [2.05, 4.69) is 11.1 Å². The SMILES string of the molecule is N#Cc1ccc(Cn2c(=O)nc3n2C(=O)N(c2ccccc2)C3)cc1. The summed E-state index contributed by atoms with van der Waals surface area (Å²) in [5.74, 6) is 0.424. The molecule has 1 amide bonds. The molecule has 0 N–H and O–H groups in total. The van der Waals surface area contributed by atoms with Crippen LogP contribution in [-0.4, -0.2) is 20.4 Å². The summed E-state index contributed by atoms with van der Waals surface area (Å²) >= 11 is 0. The van der Waals surface area contributed by atoms with Gasteiger partial charge in [-0.15, -0.1) is 0 Å². The van der Waals surface area contributed by atoms with E-state index in [1.807, 2.05) is 30.3 Å². The first kappa shape index (κ1) is 14.9. The molecule has 2 heterocycles. The molecular weight excluding hydrogens is 318 g/mol. The van der Waals surface area contributed by atoms with Crippen LogP contribution in [0.2, 0.25) is 0 Å². The lowest BCUT2D eigenvalue weighted by atomic mass is 10.1. The highest BCUT2D eigenvalue weighted by Crippen LogP contribution is 2.22. The van der Waals surface area contributed by atoms with Gasteiger partial charge in [-0.3, -0.25) is 4.90 Å². The van der Waals surface area contributed by atoms with Crippen LogP contribution < -0.4 is 10.6 Å². The molecule has 7 heteroatoms. The van der Waals surface area contributed by atoms with Gasteiger partial charge in [0, 0.05) is 5.69 Å². The highest BCUT2D eigenvalue weighted by atomic mass is 16.2. The van der Waals surface area contributed by atoms with Crippen molar-refractivity contribution in [3.05, 3.63) is 82.0 Å². The fourth-order valence-corrected chi connectivity index (χ4v) is 2.89. The van der Waals surface area contributed by atoms with Gasteiger partial charge in [0.05, 0.1) is 24.7 Å². The van der Waals surface area contributed by atoms with Crippen molar-refractivity contribution >= 4 is 11.7 Å². The molecule has 1 aliphatic rings.